The van der Waals surface area contributed by atoms with E-state index in [1.165, 1.54) is 0 Å². The Kier molecular flexibility index (Phi) is 7.48. The van der Waals surface area contributed by atoms with Gasteiger partial charge in [-0.2, -0.15) is 0 Å². The van der Waals surface area contributed by atoms with Crippen LogP contribution in [-0.2, 0) is 33.3 Å². The molecule has 31 heavy (non-hydrogen) atoms. The highest BCUT2D eigenvalue weighted by Crippen LogP contribution is 2.53. The second kappa shape index (κ2) is 9.96. The minimum absolute atomic E-state index is 0.00131. The van der Waals surface area contributed by atoms with E-state index in [4.69, 9.17) is 23.7 Å². The Morgan fingerprint density at radius 3 is 2.65 bits per heavy atom. The Hall–Kier alpha value is -0.860. The van der Waals surface area contributed by atoms with E-state index in [-0.39, 0.29) is 41.9 Å². The molecule has 4 fully saturated rings. The first-order valence-electron chi connectivity index (χ1n) is 12.1. The molecule has 0 aromatic rings. The minimum atomic E-state index is -0.566. The Bertz CT molecular complexity index is 638. The number of carbonyl (C=O) groups excluding carboxylic acids is 2. The van der Waals surface area contributed by atoms with Crippen LogP contribution in [0.25, 0.3) is 0 Å². The van der Waals surface area contributed by atoms with Gasteiger partial charge in [-0.1, -0.05) is 6.92 Å². The summed E-state index contributed by atoms with van der Waals surface area (Å²) in [6, 6.07) is 0. The molecule has 2 saturated carbocycles. The Labute approximate surface area is 185 Å². The first-order chi connectivity index (χ1) is 14.9. The molecule has 4 rings (SSSR count). The molecule has 0 aromatic heterocycles. The molecule has 7 nitrogen and oxygen atoms in total. The maximum atomic E-state index is 12.7. The fourth-order valence-electron chi connectivity index (χ4n) is 5.83. The monoisotopic (exact) mass is 438 g/mol. The molecule has 0 N–H and O–H groups in total. The van der Waals surface area contributed by atoms with Crippen molar-refractivity contribution in [3.8, 4) is 0 Å². The van der Waals surface area contributed by atoms with Gasteiger partial charge in [0.1, 0.15) is 12.7 Å². The molecule has 176 valence electrons. The van der Waals surface area contributed by atoms with Crippen molar-refractivity contribution < 1.29 is 33.3 Å². The summed E-state index contributed by atoms with van der Waals surface area (Å²) in [4.78, 5) is 25.1. The van der Waals surface area contributed by atoms with Crippen molar-refractivity contribution in [1.82, 2.24) is 0 Å². The maximum Gasteiger partial charge on any atom is 0.165 e. The molecule has 0 radical (unpaired) electrons. The third kappa shape index (κ3) is 5.38. The lowest BCUT2D eigenvalue weighted by Gasteiger charge is -2.44. The standard InChI is InChI=1S/C24H38O7/c1-23-12-10-19(26)22(18(23)8-9-20(23)31-21-7-3-4-13-27-21)28-16-17(25)6-5-11-24(2)29-14-15-30-24/h18,20-22H,3-16H2,1-2H3/t18?,20-,21?,22?,23-/m0/s1. The van der Waals surface area contributed by atoms with Crippen molar-refractivity contribution in [2.75, 3.05) is 26.4 Å². The summed E-state index contributed by atoms with van der Waals surface area (Å²) < 4.78 is 29.3. The molecule has 0 aromatic carbocycles. The van der Waals surface area contributed by atoms with Crippen molar-refractivity contribution in [1.29, 1.82) is 0 Å². The topological polar surface area (TPSA) is 80.3 Å². The van der Waals surface area contributed by atoms with Crippen LogP contribution in [0.5, 0.6) is 0 Å². The Balaban J connectivity index is 1.26. The lowest BCUT2D eigenvalue weighted by Crippen LogP contribution is -2.49. The van der Waals surface area contributed by atoms with Crippen LogP contribution in [0.3, 0.4) is 0 Å². The van der Waals surface area contributed by atoms with Gasteiger partial charge in [-0.15, -0.1) is 0 Å². The van der Waals surface area contributed by atoms with Crippen molar-refractivity contribution >= 4 is 11.6 Å². The van der Waals surface area contributed by atoms with E-state index in [2.05, 4.69) is 6.92 Å². The zero-order chi connectivity index (χ0) is 21.9. The minimum Gasteiger partial charge on any atom is -0.362 e. The van der Waals surface area contributed by atoms with Crippen molar-refractivity contribution in [3.05, 3.63) is 0 Å². The molecule has 2 saturated heterocycles. The summed E-state index contributed by atoms with van der Waals surface area (Å²) in [6.45, 7) is 6.12. The number of rotatable bonds is 9. The van der Waals surface area contributed by atoms with Crippen LogP contribution in [0.1, 0.15) is 78.1 Å². The van der Waals surface area contributed by atoms with Crippen LogP contribution < -0.4 is 0 Å². The molecule has 5 atom stereocenters. The van der Waals surface area contributed by atoms with E-state index in [0.717, 1.165) is 45.1 Å². The fourth-order valence-corrected chi connectivity index (χ4v) is 5.83. The van der Waals surface area contributed by atoms with E-state index < -0.39 is 11.9 Å². The van der Waals surface area contributed by atoms with Gasteiger partial charge in [0, 0.05) is 37.2 Å². The quantitative estimate of drug-likeness (QED) is 0.544. The molecule has 3 unspecified atom stereocenters. The summed E-state index contributed by atoms with van der Waals surface area (Å²) in [7, 11) is 0. The summed E-state index contributed by atoms with van der Waals surface area (Å²) in [5, 5.41) is 0. The van der Waals surface area contributed by atoms with E-state index in [0.29, 0.717) is 38.9 Å². The molecule has 4 aliphatic rings. The normalized spacial score (nSPS) is 37.7. The largest absolute Gasteiger partial charge is 0.362 e. The summed E-state index contributed by atoms with van der Waals surface area (Å²) in [5.74, 6) is -0.300. The average Bonchev–Trinajstić information content (AvgIpc) is 3.33. The zero-order valence-corrected chi connectivity index (χ0v) is 19.1. The van der Waals surface area contributed by atoms with Gasteiger partial charge in [-0.25, -0.2) is 0 Å². The van der Waals surface area contributed by atoms with Gasteiger partial charge in [0.2, 0.25) is 0 Å². The molecule has 2 heterocycles. The van der Waals surface area contributed by atoms with Gasteiger partial charge >= 0.3 is 0 Å². The molecule has 0 bridgehead atoms. The second-order valence-electron chi connectivity index (χ2n) is 10.0. The highest BCUT2D eigenvalue weighted by molar-refractivity contribution is 5.85. The average molecular weight is 439 g/mol. The van der Waals surface area contributed by atoms with Gasteiger partial charge in [0.05, 0.1) is 19.3 Å². The molecular formula is C24H38O7. The smallest absolute Gasteiger partial charge is 0.165 e. The van der Waals surface area contributed by atoms with Gasteiger partial charge in [0.25, 0.3) is 0 Å². The van der Waals surface area contributed by atoms with Crippen LogP contribution in [0.4, 0.5) is 0 Å². The van der Waals surface area contributed by atoms with Crippen molar-refractivity contribution in [2.45, 2.75) is 102 Å². The van der Waals surface area contributed by atoms with Crippen LogP contribution >= 0.6 is 0 Å². The molecule has 0 spiro atoms. The zero-order valence-electron chi connectivity index (χ0n) is 19.1. The first kappa shape index (κ1) is 23.3. The number of hydrogen-bond donors (Lipinski definition) is 0. The number of ketones is 2. The lowest BCUT2D eigenvalue weighted by molar-refractivity contribution is -0.214. The highest BCUT2D eigenvalue weighted by Gasteiger charge is 2.55. The van der Waals surface area contributed by atoms with Crippen molar-refractivity contribution in [3.63, 3.8) is 0 Å². The molecule has 2 aliphatic carbocycles. The number of ether oxygens (including phenoxy) is 5. The summed E-state index contributed by atoms with van der Waals surface area (Å²) >= 11 is 0. The summed E-state index contributed by atoms with van der Waals surface area (Å²) in [6.07, 6.45) is 7.56. The molecule has 0 amide bonds. The van der Waals surface area contributed by atoms with Gasteiger partial charge < -0.3 is 23.7 Å². The SMILES string of the molecule is CC1(CCCC(=O)COC2C(=O)CC[C@@]3(C)C2CC[C@@H]3OC2CCCCO2)OCCO1. The van der Waals surface area contributed by atoms with Gasteiger partial charge in [-0.05, 0) is 51.9 Å². The number of fused-ring (bicyclic) bond motifs is 1. The van der Waals surface area contributed by atoms with Crippen LogP contribution in [0, 0.1) is 11.3 Å². The summed E-state index contributed by atoms with van der Waals surface area (Å²) in [5.41, 5.74) is -0.103. The van der Waals surface area contributed by atoms with Gasteiger partial charge in [0.15, 0.2) is 23.6 Å². The van der Waals surface area contributed by atoms with Crippen LogP contribution in [0.15, 0.2) is 0 Å². The van der Waals surface area contributed by atoms with E-state index in [1.54, 1.807) is 0 Å². The molecule has 2 aliphatic heterocycles. The molecular weight excluding hydrogens is 400 g/mol. The maximum absolute atomic E-state index is 12.7. The third-order valence-corrected chi connectivity index (χ3v) is 7.78. The number of hydrogen-bond acceptors (Lipinski definition) is 7. The Morgan fingerprint density at radius 2 is 1.90 bits per heavy atom. The predicted molar refractivity (Wildman–Crippen MR) is 112 cm³/mol. The van der Waals surface area contributed by atoms with Crippen molar-refractivity contribution in [2.24, 2.45) is 11.3 Å². The first-order valence-corrected chi connectivity index (χ1v) is 12.1. The fraction of sp³-hybridized carbons (Fsp3) is 0.917. The lowest BCUT2D eigenvalue weighted by atomic mass is 9.66. The second-order valence-corrected chi connectivity index (χ2v) is 10.0. The van der Waals surface area contributed by atoms with E-state index in [9.17, 15) is 9.59 Å². The van der Waals surface area contributed by atoms with Crippen LogP contribution in [-0.4, -0.2) is 62.3 Å². The van der Waals surface area contributed by atoms with E-state index in [1.807, 2.05) is 6.92 Å². The Morgan fingerprint density at radius 1 is 1.10 bits per heavy atom. The number of carbonyl (C=O) groups is 2. The van der Waals surface area contributed by atoms with Gasteiger partial charge in [-0.3, -0.25) is 9.59 Å². The highest BCUT2D eigenvalue weighted by atomic mass is 16.7. The van der Waals surface area contributed by atoms with Crippen LogP contribution in [0.2, 0.25) is 0 Å². The van der Waals surface area contributed by atoms with E-state index >= 15 is 0 Å². The third-order valence-electron chi connectivity index (χ3n) is 7.78. The number of Topliss-reactive ketones (excluding diaryl/α,β-unsaturated/α-hetero) is 2. The molecule has 7 heteroatoms. The predicted octanol–water partition coefficient (Wildman–Crippen LogP) is 3.57.